The molecule has 7 heteroatoms. The summed E-state index contributed by atoms with van der Waals surface area (Å²) in [4.78, 5) is 12.1. The van der Waals surface area contributed by atoms with Crippen molar-refractivity contribution in [3.63, 3.8) is 0 Å². The molecular formula is C18H19N3O3S. The molecule has 2 aromatic carbocycles. The van der Waals surface area contributed by atoms with Gasteiger partial charge in [0, 0.05) is 11.3 Å². The van der Waals surface area contributed by atoms with Gasteiger partial charge in [0.15, 0.2) is 5.11 Å². The molecule has 130 valence electrons. The van der Waals surface area contributed by atoms with Crippen LogP contribution in [0.25, 0.3) is 10.8 Å². The number of primary amides is 1. The summed E-state index contributed by atoms with van der Waals surface area (Å²) in [6.45, 7) is 1.78. The Hall–Kier alpha value is -2.80. The number of carbonyl (C=O) groups excluding carboxylic acids is 1. The van der Waals surface area contributed by atoms with E-state index < -0.39 is 11.9 Å². The quantitative estimate of drug-likeness (QED) is 0.727. The normalized spacial score (nSPS) is 17.1. The van der Waals surface area contributed by atoms with Crippen molar-refractivity contribution >= 4 is 34.0 Å². The molecule has 6 nitrogen and oxygen atoms in total. The number of hydrogen-bond donors (Lipinski definition) is 3. The molecule has 1 amide bonds. The van der Waals surface area contributed by atoms with Gasteiger partial charge in [-0.2, -0.15) is 0 Å². The first-order valence-electron chi connectivity index (χ1n) is 7.69. The monoisotopic (exact) mass is 357 g/mol. The zero-order valence-electron chi connectivity index (χ0n) is 14.2. The van der Waals surface area contributed by atoms with Gasteiger partial charge in [-0.3, -0.25) is 4.79 Å². The average Bonchev–Trinajstić information content (AvgIpc) is 2.58. The smallest absolute Gasteiger partial charge is 0.248 e. The lowest BCUT2D eigenvalue weighted by Crippen LogP contribution is -2.46. The van der Waals surface area contributed by atoms with E-state index in [9.17, 15) is 4.79 Å². The van der Waals surface area contributed by atoms with Gasteiger partial charge in [-0.15, -0.1) is 0 Å². The second-order valence-electron chi connectivity index (χ2n) is 5.70. The van der Waals surface area contributed by atoms with Gasteiger partial charge in [0.25, 0.3) is 0 Å². The Balaban J connectivity index is 2.33. The lowest BCUT2D eigenvalue weighted by atomic mass is 9.90. The summed E-state index contributed by atoms with van der Waals surface area (Å²) in [6, 6.07) is 9.05. The number of rotatable bonds is 4. The second kappa shape index (κ2) is 6.60. The van der Waals surface area contributed by atoms with Crippen molar-refractivity contribution in [3.8, 4) is 11.5 Å². The molecule has 1 heterocycles. The van der Waals surface area contributed by atoms with Gasteiger partial charge in [0.05, 0.1) is 25.8 Å². The van der Waals surface area contributed by atoms with Crippen LogP contribution in [0.3, 0.4) is 0 Å². The lowest BCUT2D eigenvalue weighted by Gasteiger charge is -2.31. The number of nitrogens with two attached hydrogens (primary N) is 1. The molecule has 3 rings (SSSR count). The summed E-state index contributed by atoms with van der Waals surface area (Å²) >= 11 is 5.28. The molecule has 25 heavy (non-hydrogen) atoms. The highest BCUT2D eigenvalue weighted by Crippen LogP contribution is 2.39. The largest absolute Gasteiger partial charge is 0.497 e. The molecular weight excluding hydrogens is 338 g/mol. The molecule has 0 aromatic heterocycles. The number of thiocarbonyl (C=S) groups is 1. The van der Waals surface area contributed by atoms with E-state index in [4.69, 9.17) is 27.4 Å². The van der Waals surface area contributed by atoms with Crippen molar-refractivity contribution in [2.45, 2.75) is 13.0 Å². The molecule has 0 spiro atoms. The number of nitrogens with one attached hydrogen (secondary N) is 2. The minimum Gasteiger partial charge on any atom is -0.497 e. The van der Waals surface area contributed by atoms with Crippen LogP contribution in [0.1, 0.15) is 18.5 Å². The number of benzene rings is 2. The van der Waals surface area contributed by atoms with Gasteiger partial charge < -0.3 is 25.8 Å². The zero-order chi connectivity index (χ0) is 18.1. The highest BCUT2D eigenvalue weighted by molar-refractivity contribution is 7.80. The van der Waals surface area contributed by atoms with Crippen LogP contribution in [0, 0.1) is 0 Å². The van der Waals surface area contributed by atoms with Crippen LogP contribution in [0.2, 0.25) is 0 Å². The van der Waals surface area contributed by atoms with Crippen molar-refractivity contribution in [1.82, 2.24) is 10.6 Å². The maximum absolute atomic E-state index is 12.1. The van der Waals surface area contributed by atoms with Crippen molar-refractivity contribution in [2.24, 2.45) is 5.73 Å². The van der Waals surface area contributed by atoms with Crippen LogP contribution in [-0.2, 0) is 4.79 Å². The third kappa shape index (κ3) is 2.98. The standard InChI is InChI=1S/C18H19N3O3S/c1-9-14(17(19)22)16(21-18(25)20-9)15-12-8-11(23-2)6-4-10(12)5-7-13(15)24-3/h4-8,16H,1-3H3,(H2,19,22)(H2,20,21,25)/t16-/m1/s1. The fourth-order valence-corrected chi connectivity index (χ4v) is 3.41. The van der Waals surface area contributed by atoms with Gasteiger partial charge in [0.2, 0.25) is 5.91 Å². The maximum atomic E-state index is 12.1. The van der Waals surface area contributed by atoms with E-state index in [0.29, 0.717) is 27.9 Å². The molecule has 1 aliphatic rings. The highest BCUT2D eigenvalue weighted by atomic mass is 32.1. The van der Waals surface area contributed by atoms with Crippen LogP contribution in [0.5, 0.6) is 11.5 Å². The highest BCUT2D eigenvalue weighted by Gasteiger charge is 2.31. The van der Waals surface area contributed by atoms with Gasteiger partial charge in [0.1, 0.15) is 11.5 Å². The Labute approximate surface area is 151 Å². The van der Waals surface area contributed by atoms with E-state index in [1.807, 2.05) is 30.3 Å². The molecule has 0 bridgehead atoms. The molecule has 0 unspecified atom stereocenters. The zero-order valence-corrected chi connectivity index (χ0v) is 15.0. The van der Waals surface area contributed by atoms with Crippen molar-refractivity contribution in [2.75, 3.05) is 14.2 Å². The first-order chi connectivity index (χ1) is 12.0. The molecule has 1 aliphatic heterocycles. The van der Waals surface area contributed by atoms with Gasteiger partial charge in [-0.25, -0.2) is 0 Å². The van der Waals surface area contributed by atoms with E-state index in [2.05, 4.69) is 10.6 Å². The minimum absolute atomic E-state index is 0.419. The van der Waals surface area contributed by atoms with E-state index in [-0.39, 0.29) is 0 Å². The number of carbonyl (C=O) groups is 1. The topological polar surface area (TPSA) is 85.6 Å². The van der Waals surface area contributed by atoms with E-state index >= 15 is 0 Å². The van der Waals surface area contributed by atoms with Crippen LogP contribution in [-0.4, -0.2) is 25.2 Å². The van der Waals surface area contributed by atoms with Crippen molar-refractivity contribution in [1.29, 1.82) is 0 Å². The third-order valence-electron chi connectivity index (χ3n) is 4.27. The molecule has 0 saturated carbocycles. The summed E-state index contributed by atoms with van der Waals surface area (Å²) in [5.41, 5.74) is 7.47. The Morgan fingerprint density at radius 1 is 1.20 bits per heavy atom. The molecule has 2 aromatic rings. The summed E-state index contributed by atoms with van der Waals surface area (Å²) in [6.07, 6.45) is 0. The number of amides is 1. The number of ether oxygens (including phenoxy) is 2. The number of fused-ring (bicyclic) bond motifs is 1. The minimum atomic E-state index is -0.521. The lowest BCUT2D eigenvalue weighted by molar-refractivity contribution is -0.115. The Bertz CT molecular complexity index is 903. The third-order valence-corrected chi connectivity index (χ3v) is 4.49. The summed E-state index contributed by atoms with van der Waals surface area (Å²) in [7, 11) is 3.20. The first kappa shape index (κ1) is 17.0. The number of methoxy groups -OCH3 is 2. The Kier molecular flexibility index (Phi) is 4.50. The van der Waals surface area contributed by atoms with Crippen LogP contribution in [0.15, 0.2) is 41.6 Å². The second-order valence-corrected chi connectivity index (χ2v) is 6.11. The van der Waals surface area contributed by atoms with Crippen LogP contribution >= 0.6 is 12.2 Å². The summed E-state index contributed by atoms with van der Waals surface area (Å²) in [5.74, 6) is 0.821. The van der Waals surface area contributed by atoms with Crippen LogP contribution in [0.4, 0.5) is 0 Å². The molecule has 1 atom stereocenters. The predicted octanol–water partition coefficient (Wildman–Crippen LogP) is 2.14. The van der Waals surface area contributed by atoms with Crippen LogP contribution < -0.4 is 25.8 Å². The van der Waals surface area contributed by atoms with Gasteiger partial charge >= 0.3 is 0 Å². The Morgan fingerprint density at radius 2 is 1.92 bits per heavy atom. The van der Waals surface area contributed by atoms with Gasteiger partial charge in [-0.05, 0) is 48.1 Å². The van der Waals surface area contributed by atoms with Crippen molar-refractivity contribution in [3.05, 3.63) is 47.2 Å². The van der Waals surface area contributed by atoms with E-state index in [0.717, 1.165) is 16.3 Å². The first-order valence-corrected chi connectivity index (χ1v) is 8.09. The summed E-state index contributed by atoms with van der Waals surface area (Å²) < 4.78 is 10.9. The SMILES string of the molecule is COc1ccc2ccc(OC)c([C@@H]3NC(=S)NC(C)=C3C(N)=O)c2c1. The fraction of sp³-hybridized carbons (Fsp3) is 0.222. The van der Waals surface area contributed by atoms with E-state index in [1.165, 1.54) is 0 Å². The number of hydrogen-bond acceptors (Lipinski definition) is 4. The van der Waals surface area contributed by atoms with E-state index in [1.54, 1.807) is 21.1 Å². The number of allylic oxidation sites excluding steroid dienone is 1. The molecule has 4 N–H and O–H groups in total. The molecule has 0 saturated heterocycles. The molecule has 0 aliphatic carbocycles. The van der Waals surface area contributed by atoms with Crippen molar-refractivity contribution < 1.29 is 14.3 Å². The summed E-state index contributed by atoms with van der Waals surface area (Å²) in [5, 5.41) is 8.40. The van der Waals surface area contributed by atoms with Gasteiger partial charge in [-0.1, -0.05) is 12.1 Å². The molecule has 0 radical (unpaired) electrons. The Morgan fingerprint density at radius 3 is 2.56 bits per heavy atom. The maximum Gasteiger partial charge on any atom is 0.248 e. The fourth-order valence-electron chi connectivity index (χ4n) is 3.14. The molecule has 0 fully saturated rings. The average molecular weight is 357 g/mol. The predicted molar refractivity (Wildman–Crippen MR) is 101 cm³/mol.